The van der Waals surface area contributed by atoms with E-state index in [0.717, 1.165) is 15.8 Å². The number of halogens is 1. The molecule has 0 radical (unpaired) electrons. The molecule has 4 nitrogen and oxygen atoms in total. The molecule has 0 atom stereocenters. The molecule has 0 unspecified atom stereocenters. The van der Waals surface area contributed by atoms with Gasteiger partial charge in [0.05, 0.1) is 12.9 Å². The lowest BCUT2D eigenvalue weighted by atomic mass is 10.1. The van der Waals surface area contributed by atoms with Gasteiger partial charge >= 0.3 is 0 Å². The molecule has 1 aromatic rings. The maximum Gasteiger partial charge on any atom is 0.211 e. The van der Waals surface area contributed by atoms with Crippen LogP contribution in [0.4, 0.5) is 0 Å². The first-order valence-electron chi connectivity index (χ1n) is 5.78. The highest BCUT2D eigenvalue weighted by atomic mass is 79.9. The average molecular weight is 336 g/mol. The van der Waals surface area contributed by atoms with Crippen LogP contribution in [-0.4, -0.2) is 27.8 Å². The number of sulfonamides is 1. The molecule has 0 aliphatic carbocycles. The molecule has 0 spiro atoms. The molecule has 0 aliphatic rings. The average Bonchev–Trinajstić information content (AvgIpc) is 2.29. The summed E-state index contributed by atoms with van der Waals surface area (Å²) in [6, 6.07) is 5.69. The Morgan fingerprint density at radius 2 is 2.11 bits per heavy atom. The predicted molar refractivity (Wildman–Crippen MR) is 76.5 cm³/mol. The van der Waals surface area contributed by atoms with E-state index in [1.54, 1.807) is 7.11 Å². The van der Waals surface area contributed by atoms with Gasteiger partial charge < -0.3 is 4.74 Å². The minimum absolute atomic E-state index is 0.169. The smallest absolute Gasteiger partial charge is 0.211 e. The van der Waals surface area contributed by atoms with E-state index in [4.69, 9.17) is 4.74 Å². The van der Waals surface area contributed by atoms with E-state index in [9.17, 15) is 8.42 Å². The third-order valence-corrected chi connectivity index (χ3v) is 4.51. The summed E-state index contributed by atoms with van der Waals surface area (Å²) >= 11 is 3.39. The minimum Gasteiger partial charge on any atom is -0.496 e. The molecule has 0 fully saturated rings. The van der Waals surface area contributed by atoms with Gasteiger partial charge in [0, 0.05) is 11.0 Å². The predicted octanol–water partition coefficient (Wildman–Crippen LogP) is 2.33. The van der Waals surface area contributed by atoms with Crippen LogP contribution in [0.3, 0.4) is 0 Å². The molecule has 18 heavy (non-hydrogen) atoms. The highest BCUT2D eigenvalue weighted by Gasteiger charge is 2.09. The van der Waals surface area contributed by atoms with Crippen molar-refractivity contribution in [1.82, 2.24) is 4.72 Å². The zero-order chi connectivity index (χ0) is 13.6. The van der Waals surface area contributed by atoms with Gasteiger partial charge in [-0.15, -0.1) is 0 Å². The SMILES string of the molecule is CCCS(=O)(=O)NCCc1cc(Br)ccc1OC. The van der Waals surface area contributed by atoms with E-state index in [1.807, 2.05) is 25.1 Å². The van der Waals surface area contributed by atoms with Crippen LogP contribution in [0.15, 0.2) is 22.7 Å². The van der Waals surface area contributed by atoms with Crippen LogP contribution >= 0.6 is 15.9 Å². The monoisotopic (exact) mass is 335 g/mol. The second-order valence-electron chi connectivity index (χ2n) is 3.92. The molecule has 0 aliphatic heterocycles. The van der Waals surface area contributed by atoms with Crippen LogP contribution < -0.4 is 9.46 Å². The van der Waals surface area contributed by atoms with Gasteiger partial charge in [0.2, 0.25) is 10.0 Å². The highest BCUT2D eigenvalue weighted by molar-refractivity contribution is 9.10. The number of hydrogen-bond donors (Lipinski definition) is 1. The van der Waals surface area contributed by atoms with Gasteiger partial charge in [0.15, 0.2) is 0 Å². The lowest BCUT2D eigenvalue weighted by Gasteiger charge is -2.10. The topological polar surface area (TPSA) is 55.4 Å². The Morgan fingerprint density at radius 3 is 2.72 bits per heavy atom. The molecule has 1 N–H and O–H groups in total. The Morgan fingerprint density at radius 1 is 1.39 bits per heavy atom. The molecule has 1 aromatic carbocycles. The number of ether oxygens (including phenoxy) is 1. The Balaban J connectivity index is 2.61. The maximum absolute atomic E-state index is 11.5. The van der Waals surface area contributed by atoms with E-state index >= 15 is 0 Å². The van der Waals surface area contributed by atoms with Gasteiger partial charge in [-0.25, -0.2) is 13.1 Å². The fraction of sp³-hybridized carbons (Fsp3) is 0.500. The lowest BCUT2D eigenvalue weighted by molar-refractivity contribution is 0.409. The van der Waals surface area contributed by atoms with Crippen molar-refractivity contribution in [2.75, 3.05) is 19.4 Å². The molecule has 1 rings (SSSR count). The molecule has 0 aromatic heterocycles. The van der Waals surface area contributed by atoms with E-state index in [2.05, 4.69) is 20.7 Å². The molecule has 0 amide bonds. The van der Waals surface area contributed by atoms with Crippen molar-refractivity contribution >= 4 is 26.0 Å². The number of hydrogen-bond acceptors (Lipinski definition) is 3. The molecular weight excluding hydrogens is 318 g/mol. The van der Waals surface area contributed by atoms with Gasteiger partial charge in [-0.1, -0.05) is 22.9 Å². The summed E-state index contributed by atoms with van der Waals surface area (Å²) in [4.78, 5) is 0. The first-order chi connectivity index (χ1) is 8.48. The third-order valence-electron chi connectivity index (χ3n) is 2.43. The molecule has 102 valence electrons. The maximum atomic E-state index is 11.5. The van der Waals surface area contributed by atoms with E-state index in [-0.39, 0.29) is 5.75 Å². The zero-order valence-corrected chi connectivity index (χ0v) is 13.0. The fourth-order valence-corrected chi connectivity index (χ4v) is 3.13. The van der Waals surface area contributed by atoms with Gasteiger partial charge in [-0.2, -0.15) is 0 Å². The number of methoxy groups -OCH3 is 1. The first kappa shape index (κ1) is 15.5. The van der Waals surface area contributed by atoms with E-state index in [1.165, 1.54) is 0 Å². The molecule has 0 saturated heterocycles. The molecule has 0 saturated carbocycles. The second kappa shape index (κ2) is 7.11. The van der Waals surface area contributed by atoms with Crippen LogP contribution in [0.2, 0.25) is 0 Å². The molecule has 0 heterocycles. The first-order valence-corrected chi connectivity index (χ1v) is 8.22. The Hall–Kier alpha value is -0.590. The second-order valence-corrected chi connectivity index (χ2v) is 6.76. The Bertz CT molecular complexity index is 488. The lowest BCUT2D eigenvalue weighted by Crippen LogP contribution is -2.28. The standard InChI is InChI=1S/C12H18BrNO3S/c1-3-8-18(15,16)14-7-6-10-9-11(13)4-5-12(10)17-2/h4-5,9,14H,3,6-8H2,1-2H3. The highest BCUT2D eigenvalue weighted by Crippen LogP contribution is 2.23. The van der Waals surface area contributed by atoms with Crippen molar-refractivity contribution < 1.29 is 13.2 Å². The van der Waals surface area contributed by atoms with Gasteiger partial charge in [-0.05, 0) is 36.6 Å². The summed E-state index contributed by atoms with van der Waals surface area (Å²) in [6.45, 7) is 2.23. The summed E-state index contributed by atoms with van der Waals surface area (Å²) in [5, 5.41) is 0. The summed E-state index contributed by atoms with van der Waals surface area (Å²) in [7, 11) is -1.53. The van der Waals surface area contributed by atoms with Gasteiger partial charge in [0.25, 0.3) is 0 Å². The normalized spacial score (nSPS) is 11.5. The largest absolute Gasteiger partial charge is 0.496 e. The van der Waals surface area contributed by atoms with Crippen molar-refractivity contribution in [2.24, 2.45) is 0 Å². The summed E-state index contributed by atoms with van der Waals surface area (Å²) in [5.41, 5.74) is 0.978. The summed E-state index contributed by atoms with van der Waals surface area (Å²) in [5.74, 6) is 0.940. The Labute approximate surface area is 117 Å². The number of rotatable bonds is 7. The van der Waals surface area contributed by atoms with Crippen LogP contribution in [0.25, 0.3) is 0 Å². The van der Waals surface area contributed by atoms with Crippen molar-refractivity contribution in [1.29, 1.82) is 0 Å². The molecule has 0 bridgehead atoms. The van der Waals surface area contributed by atoms with Crippen molar-refractivity contribution in [2.45, 2.75) is 19.8 Å². The van der Waals surface area contributed by atoms with Crippen molar-refractivity contribution in [3.8, 4) is 5.75 Å². The molecule has 6 heteroatoms. The number of benzene rings is 1. The van der Waals surface area contributed by atoms with Crippen LogP contribution in [0.1, 0.15) is 18.9 Å². The van der Waals surface area contributed by atoms with Gasteiger partial charge in [-0.3, -0.25) is 0 Å². The molecular formula is C12H18BrNO3S. The zero-order valence-electron chi connectivity index (χ0n) is 10.6. The van der Waals surface area contributed by atoms with E-state index in [0.29, 0.717) is 19.4 Å². The van der Waals surface area contributed by atoms with E-state index < -0.39 is 10.0 Å². The summed E-state index contributed by atoms with van der Waals surface area (Å²) < 4.78 is 31.7. The van der Waals surface area contributed by atoms with Crippen LogP contribution in [-0.2, 0) is 16.4 Å². The minimum atomic E-state index is -3.13. The van der Waals surface area contributed by atoms with Crippen molar-refractivity contribution in [3.63, 3.8) is 0 Å². The van der Waals surface area contributed by atoms with Crippen molar-refractivity contribution in [3.05, 3.63) is 28.2 Å². The third kappa shape index (κ3) is 4.96. The summed E-state index contributed by atoms with van der Waals surface area (Å²) in [6.07, 6.45) is 1.22. The quantitative estimate of drug-likeness (QED) is 0.831. The number of nitrogens with one attached hydrogen (secondary N) is 1. The van der Waals surface area contributed by atoms with Crippen LogP contribution in [0.5, 0.6) is 5.75 Å². The fourth-order valence-electron chi connectivity index (χ4n) is 1.62. The van der Waals surface area contributed by atoms with Gasteiger partial charge in [0.1, 0.15) is 5.75 Å². The van der Waals surface area contributed by atoms with Crippen LogP contribution in [0, 0.1) is 0 Å². The Kier molecular flexibility index (Phi) is 6.11.